The Morgan fingerprint density at radius 3 is 2.68 bits per heavy atom. The highest BCUT2D eigenvalue weighted by atomic mass is 79.9. The van der Waals surface area contributed by atoms with Crippen LogP contribution in [-0.2, 0) is 11.0 Å². The maximum absolute atomic E-state index is 6.64. The summed E-state index contributed by atoms with van der Waals surface area (Å²) >= 11 is 3.64. The van der Waals surface area contributed by atoms with Gasteiger partial charge >= 0.3 is 0 Å². The maximum atomic E-state index is 6.64. The van der Waals surface area contributed by atoms with Crippen molar-refractivity contribution in [3.63, 3.8) is 0 Å². The second kappa shape index (κ2) is 5.33. The van der Waals surface area contributed by atoms with Crippen molar-refractivity contribution in [1.82, 2.24) is 9.78 Å². The minimum Gasteiger partial charge on any atom is -0.408 e. The molecule has 0 spiro atoms. The predicted octanol–water partition coefficient (Wildman–Crippen LogP) is 4.89. The second-order valence-corrected chi connectivity index (χ2v) is 12.6. The van der Waals surface area contributed by atoms with E-state index in [9.17, 15) is 0 Å². The molecule has 2 rings (SSSR count). The van der Waals surface area contributed by atoms with E-state index in [1.54, 1.807) is 0 Å². The van der Waals surface area contributed by atoms with Crippen molar-refractivity contribution >= 4 is 24.2 Å². The molecule has 0 aromatic carbocycles. The van der Waals surface area contributed by atoms with E-state index in [-0.39, 0.29) is 11.1 Å². The Balaban J connectivity index is 2.28. The Morgan fingerprint density at radius 2 is 2.05 bits per heavy atom. The van der Waals surface area contributed by atoms with Crippen LogP contribution in [0.1, 0.15) is 51.8 Å². The van der Waals surface area contributed by atoms with Gasteiger partial charge in [-0.05, 0) is 53.3 Å². The van der Waals surface area contributed by atoms with Crippen LogP contribution in [0.2, 0.25) is 18.1 Å². The smallest absolute Gasteiger partial charge is 0.192 e. The van der Waals surface area contributed by atoms with Crippen LogP contribution in [-0.4, -0.2) is 18.1 Å². The van der Waals surface area contributed by atoms with E-state index in [1.807, 2.05) is 6.20 Å². The van der Waals surface area contributed by atoms with Crippen molar-refractivity contribution in [3.05, 3.63) is 16.4 Å². The lowest BCUT2D eigenvalue weighted by Gasteiger charge is -2.39. The third-order valence-electron chi connectivity index (χ3n) is 4.47. The number of fused-ring (bicyclic) bond motifs is 1. The minimum atomic E-state index is -1.74. The normalized spacial score (nSPS) is 21.1. The zero-order valence-corrected chi connectivity index (χ0v) is 15.2. The van der Waals surface area contributed by atoms with Gasteiger partial charge in [0.15, 0.2) is 8.32 Å². The first kappa shape index (κ1) is 15.3. The molecule has 0 aliphatic carbocycles. The number of rotatable bonds is 2. The van der Waals surface area contributed by atoms with Crippen LogP contribution >= 0.6 is 15.9 Å². The monoisotopic (exact) mass is 344 g/mol. The van der Waals surface area contributed by atoms with Crippen LogP contribution in [0.15, 0.2) is 10.7 Å². The standard InChI is InChI=1S/C14H25BrN2OSi/c1-14(2,3)19(4,5)18-12-8-6-7-9-17-13(12)11(15)10-16-17/h10,12H,6-9H2,1-5H3. The van der Waals surface area contributed by atoms with Gasteiger partial charge in [0.05, 0.1) is 22.5 Å². The lowest BCUT2D eigenvalue weighted by atomic mass is 10.1. The van der Waals surface area contributed by atoms with Gasteiger partial charge in [0.2, 0.25) is 0 Å². The van der Waals surface area contributed by atoms with E-state index in [4.69, 9.17) is 4.43 Å². The molecule has 0 saturated carbocycles. The molecule has 2 heterocycles. The molecule has 0 fully saturated rings. The SMILES string of the molecule is CC(C)(C)[Si](C)(C)OC1CCCCn2ncc(Br)c21. The summed E-state index contributed by atoms with van der Waals surface area (Å²) in [7, 11) is -1.74. The van der Waals surface area contributed by atoms with Gasteiger partial charge in [0.1, 0.15) is 0 Å². The van der Waals surface area contributed by atoms with Gasteiger partial charge in [-0.15, -0.1) is 0 Å². The highest BCUT2D eigenvalue weighted by Gasteiger charge is 2.40. The van der Waals surface area contributed by atoms with E-state index in [2.05, 4.69) is 59.6 Å². The highest BCUT2D eigenvalue weighted by molar-refractivity contribution is 9.10. The molecule has 1 aromatic heterocycles. The molecule has 1 atom stereocenters. The van der Waals surface area contributed by atoms with Gasteiger partial charge in [-0.2, -0.15) is 5.10 Å². The van der Waals surface area contributed by atoms with Gasteiger partial charge in [-0.1, -0.05) is 20.8 Å². The average molecular weight is 345 g/mol. The largest absolute Gasteiger partial charge is 0.408 e. The van der Waals surface area contributed by atoms with Crippen LogP contribution in [0.25, 0.3) is 0 Å². The molecule has 1 aromatic rings. The number of hydrogen-bond acceptors (Lipinski definition) is 2. The third-order valence-corrected chi connectivity index (χ3v) is 9.56. The van der Waals surface area contributed by atoms with Crippen molar-refractivity contribution in [1.29, 1.82) is 0 Å². The first-order valence-electron chi connectivity index (χ1n) is 7.11. The van der Waals surface area contributed by atoms with Crippen LogP contribution in [0.4, 0.5) is 0 Å². The number of hydrogen-bond donors (Lipinski definition) is 0. The highest BCUT2D eigenvalue weighted by Crippen LogP contribution is 2.42. The number of aryl methyl sites for hydroxylation is 1. The van der Waals surface area contributed by atoms with Gasteiger partial charge in [0, 0.05) is 6.54 Å². The third kappa shape index (κ3) is 3.14. The summed E-state index contributed by atoms with van der Waals surface area (Å²) in [5, 5.41) is 4.71. The van der Waals surface area contributed by atoms with Crippen molar-refractivity contribution < 1.29 is 4.43 Å². The molecule has 1 aliphatic rings. The molecule has 1 aliphatic heterocycles. The Hall–Kier alpha value is -0.133. The summed E-state index contributed by atoms with van der Waals surface area (Å²) < 4.78 is 9.85. The van der Waals surface area contributed by atoms with E-state index in [0.717, 1.165) is 17.4 Å². The minimum absolute atomic E-state index is 0.195. The molecular formula is C14H25BrN2OSi. The van der Waals surface area contributed by atoms with E-state index < -0.39 is 8.32 Å². The average Bonchev–Trinajstić information content (AvgIpc) is 2.52. The predicted molar refractivity (Wildman–Crippen MR) is 84.8 cm³/mol. The zero-order valence-electron chi connectivity index (χ0n) is 12.7. The molecule has 0 bridgehead atoms. The van der Waals surface area contributed by atoms with Gasteiger partial charge < -0.3 is 4.43 Å². The molecule has 0 saturated heterocycles. The summed E-state index contributed by atoms with van der Waals surface area (Å²) in [6.45, 7) is 12.5. The summed E-state index contributed by atoms with van der Waals surface area (Å²) in [5.41, 5.74) is 1.24. The summed E-state index contributed by atoms with van der Waals surface area (Å²) in [5.74, 6) is 0. The first-order chi connectivity index (χ1) is 8.72. The summed E-state index contributed by atoms with van der Waals surface area (Å²) in [4.78, 5) is 0. The molecule has 0 N–H and O–H groups in total. The molecule has 108 valence electrons. The molecule has 3 nitrogen and oxygen atoms in total. The number of aromatic nitrogens is 2. The lowest BCUT2D eigenvalue weighted by molar-refractivity contribution is 0.167. The Labute approximate surface area is 126 Å². The van der Waals surface area contributed by atoms with Crippen LogP contribution in [0.3, 0.4) is 0 Å². The fourth-order valence-electron chi connectivity index (χ4n) is 2.25. The number of nitrogens with zero attached hydrogens (tertiary/aromatic N) is 2. The first-order valence-corrected chi connectivity index (χ1v) is 10.8. The quantitative estimate of drug-likeness (QED) is 0.714. The Bertz CT molecular complexity index is 451. The molecule has 19 heavy (non-hydrogen) atoms. The van der Waals surface area contributed by atoms with E-state index >= 15 is 0 Å². The Kier molecular flexibility index (Phi) is 4.28. The second-order valence-electron chi connectivity index (χ2n) is 6.96. The fraction of sp³-hybridized carbons (Fsp3) is 0.786. The maximum Gasteiger partial charge on any atom is 0.192 e. The lowest BCUT2D eigenvalue weighted by Crippen LogP contribution is -2.42. The van der Waals surface area contributed by atoms with Crippen LogP contribution in [0.5, 0.6) is 0 Å². The van der Waals surface area contributed by atoms with Crippen molar-refractivity contribution in [2.45, 2.75) is 70.8 Å². The molecule has 5 heteroatoms. The number of halogens is 1. The molecule has 0 radical (unpaired) electrons. The van der Waals surface area contributed by atoms with E-state index in [0.29, 0.717) is 0 Å². The molecule has 0 amide bonds. The van der Waals surface area contributed by atoms with Crippen molar-refractivity contribution in [3.8, 4) is 0 Å². The Morgan fingerprint density at radius 1 is 1.37 bits per heavy atom. The van der Waals surface area contributed by atoms with Crippen LogP contribution in [0, 0.1) is 0 Å². The van der Waals surface area contributed by atoms with Gasteiger partial charge in [-0.25, -0.2) is 0 Å². The van der Waals surface area contributed by atoms with Crippen molar-refractivity contribution in [2.24, 2.45) is 0 Å². The van der Waals surface area contributed by atoms with E-state index in [1.165, 1.54) is 18.5 Å². The molecular weight excluding hydrogens is 320 g/mol. The fourth-order valence-corrected chi connectivity index (χ4v) is 4.09. The van der Waals surface area contributed by atoms with Crippen molar-refractivity contribution in [2.75, 3.05) is 0 Å². The summed E-state index contributed by atoms with van der Waals surface area (Å²) in [6, 6.07) is 0. The van der Waals surface area contributed by atoms with Crippen LogP contribution < -0.4 is 0 Å². The summed E-state index contributed by atoms with van der Waals surface area (Å²) in [6.07, 6.45) is 5.62. The van der Waals surface area contributed by atoms with Gasteiger partial charge in [0.25, 0.3) is 0 Å². The van der Waals surface area contributed by atoms with Gasteiger partial charge in [-0.3, -0.25) is 4.68 Å². The zero-order chi connectivity index (χ0) is 14.3. The molecule has 1 unspecified atom stereocenters. The topological polar surface area (TPSA) is 27.1 Å².